The highest BCUT2D eigenvalue weighted by Gasteiger charge is 2.29. The number of urea groups is 1. The minimum atomic E-state index is -3.08. The first kappa shape index (κ1) is 18.8. The van der Waals surface area contributed by atoms with Gasteiger partial charge in [0, 0.05) is 21.8 Å². The smallest absolute Gasteiger partial charge is 0.315 e. The Morgan fingerprint density at radius 1 is 1.21 bits per heavy atom. The van der Waals surface area contributed by atoms with Crippen LogP contribution in [0.5, 0.6) is 0 Å². The first-order chi connectivity index (χ1) is 11.1. The van der Waals surface area contributed by atoms with Gasteiger partial charge < -0.3 is 16.0 Å². The number of anilines is 1. The van der Waals surface area contributed by atoms with Crippen LogP contribution in [0, 0.1) is 0 Å². The molecule has 0 unspecified atom stereocenters. The molecule has 1 aromatic rings. The lowest BCUT2D eigenvalue weighted by Gasteiger charge is -2.17. The summed E-state index contributed by atoms with van der Waals surface area (Å²) in [4.78, 5) is 23.9. The molecule has 3 amide bonds. The van der Waals surface area contributed by atoms with Gasteiger partial charge in [0.1, 0.15) is 6.04 Å². The third-order valence-electron chi connectivity index (χ3n) is 3.44. The number of amides is 3. The molecule has 7 nitrogen and oxygen atoms in total. The highest BCUT2D eigenvalue weighted by Crippen LogP contribution is 2.22. The van der Waals surface area contributed by atoms with Crippen molar-refractivity contribution in [3.63, 3.8) is 0 Å². The number of sulfone groups is 1. The molecule has 2 atom stereocenters. The number of carbonyl (C=O) groups excluding carboxylic acids is 2. The molecule has 10 heteroatoms. The van der Waals surface area contributed by atoms with Crippen LogP contribution in [0.15, 0.2) is 18.2 Å². The van der Waals surface area contributed by atoms with E-state index in [0.717, 1.165) is 0 Å². The van der Waals surface area contributed by atoms with E-state index in [-0.39, 0.29) is 11.5 Å². The molecule has 1 aliphatic rings. The summed E-state index contributed by atoms with van der Waals surface area (Å²) in [7, 11) is -3.08. The van der Waals surface area contributed by atoms with Gasteiger partial charge in [-0.1, -0.05) is 23.2 Å². The van der Waals surface area contributed by atoms with Gasteiger partial charge in [0.2, 0.25) is 5.91 Å². The molecule has 0 spiro atoms. The van der Waals surface area contributed by atoms with Crippen LogP contribution in [0.25, 0.3) is 0 Å². The summed E-state index contributed by atoms with van der Waals surface area (Å²) in [5, 5.41) is 8.35. The van der Waals surface area contributed by atoms with Crippen LogP contribution in [-0.2, 0) is 14.6 Å². The van der Waals surface area contributed by atoms with Crippen molar-refractivity contribution in [1.29, 1.82) is 0 Å². The molecule has 1 heterocycles. The molecule has 3 N–H and O–H groups in total. The van der Waals surface area contributed by atoms with E-state index in [1.807, 2.05) is 0 Å². The van der Waals surface area contributed by atoms with E-state index < -0.39 is 33.9 Å². The van der Waals surface area contributed by atoms with Crippen LogP contribution in [0.1, 0.15) is 13.3 Å². The van der Waals surface area contributed by atoms with Gasteiger partial charge in [-0.05, 0) is 31.5 Å². The third-order valence-corrected chi connectivity index (χ3v) is 5.64. The van der Waals surface area contributed by atoms with E-state index in [1.54, 1.807) is 0 Å². The predicted octanol–water partition coefficient (Wildman–Crippen LogP) is 1.81. The molecular weight excluding hydrogens is 377 g/mol. The molecule has 1 saturated heterocycles. The van der Waals surface area contributed by atoms with Crippen LogP contribution in [0.2, 0.25) is 10.0 Å². The van der Waals surface area contributed by atoms with E-state index in [1.165, 1.54) is 25.1 Å². The van der Waals surface area contributed by atoms with Crippen molar-refractivity contribution >= 4 is 50.7 Å². The fourth-order valence-corrected chi connectivity index (χ4v) is 4.47. The zero-order valence-corrected chi connectivity index (χ0v) is 15.1. The first-order valence-corrected chi connectivity index (χ1v) is 9.77. The Bertz CT molecular complexity index is 734. The molecule has 1 aliphatic heterocycles. The topological polar surface area (TPSA) is 104 Å². The second-order valence-corrected chi connectivity index (χ2v) is 8.69. The number of hydrogen-bond donors (Lipinski definition) is 3. The summed E-state index contributed by atoms with van der Waals surface area (Å²) in [5.41, 5.74) is 0.411. The summed E-state index contributed by atoms with van der Waals surface area (Å²) in [5.74, 6) is -0.478. The quantitative estimate of drug-likeness (QED) is 0.725. The normalized spacial score (nSPS) is 20.2. The van der Waals surface area contributed by atoms with Gasteiger partial charge in [0.15, 0.2) is 9.84 Å². The molecule has 2 rings (SSSR count). The summed E-state index contributed by atoms with van der Waals surface area (Å²) in [6.45, 7) is 1.51. The van der Waals surface area contributed by atoms with E-state index in [0.29, 0.717) is 22.2 Å². The summed E-state index contributed by atoms with van der Waals surface area (Å²) < 4.78 is 22.7. The van der Waals surface area contributed by atoms with E-state index in [2.05, 4.69) is 16.0 Å². The summed E-state index contributed by atoms with van der Waals surface area (Å²) in [6, 6.07) is 2.73. The number of hydrogen-bond acceptors (Lipinski definition) is 4. The molecule has 0 radical (unpaired) electrons. The zero-order chi connectivity index (χ0) is 17.9. The monoisotopic (exact) mass is 393 g/mol. The van der Waals surface area contributed by atoms with Crippen molar-refractivity contribution in [3.05, 3.63) is 28.2 Å². The van der Waals surface area contributed by atoms with Crippen molar-refractivity contribution in [2.75, 3.05) is 16.8 Å². The maximum atomic E-state index is 12.1. The Kier molecular flexibility index (Phi) is 5.95. The van der Waals surface area contributed by atoms with Crippen LogP contribution in [-0.4, -0.2) is 43.9 Å². The van der Waals surface area contributed by atoms with E-state index in [4.69, 9.17) is 23.2 Å². The molecule has 0 aromatic heterocycles. The van der Waals surface area contributed by atoms with Crippen molar-refractivity contribution < 1.29 is 18.0 Å². The molecule has 132 valence electrons. The molecule has 24 heavy (non-hydrogen) atoms. The zero-order valence-electron chi connectivity index (χ0n) is 12.8. The average Bonchev–Trinajstić information content (AvgIpc) is 2.76. The minimum absolute atomic E-state index is 0.0590. The lowest BCUT2D eigenvalue weighted by Crippen LogP contribution is -2.49. The summed E-state index contributed by atoms with van der Waals surface area (Å²) >= 11 is 11.7. The molecule has 1 fully saturated rings. The first-order valence-electron chi connectivity index (χ1n) is 7.19. The maximum Gasteiger partial charge on any atom is 0.315 e. The Balaban J connectivity index is 1.85. The predicted molar refractivity (Wildman–Crippen MR) is 93.3 cm³/mol. The lowest BCUT2D eigenvalue weighted by molar-refractivity contribution is -0.117. The van der Waals surface area contributed by atoms with Crippen molar-refractivity contribution in [3.8, 4) is 0 Å². The fourth-order valence-electron chi connectivity index (χ4n) is 2.27. The lowest BCUT2D eigenvalue weighted by atomic mass is 10.2. The molecule has 0 aliphatic carbocycles. The SMILES string of the molecule is C[C@H](NC(=O)N[C@H]1CCS(=O)(=O)C1)C(=O)Nc1cc(Cl)cc(Cl)c1. The van der Waals surface area contributed by atoms with Crippen LogP contribution in [0.4, 0.5) is 10.5 Å². The van der Waals surface area contributed by atoms with Crippen LogP contribution in [0.3, 0.4) is 0 Å². The molecule has 0 bridgehead atoms. The van der Waals surface area contributed by atoms with Gasteiger partial charge >= 0.3 is 6.03 Å². The van der Waals surface area contributed by atoms with E-state index >= 15 is 0 Å². The fraction of sp³-hybridized carbons (Fsp3) is 0.429. The number of benzene rings is 1. The number of carbonyl (C=O) groups is 2. The summed E-state index contributed by atoms with van der Waals surface area (Å²) in [6.07, 6.45) is 0.372. The van der Waals surface area contributed by atoms with Crippen molar-refractivity contribution in [1.82, 2.24) is 10.6 Å². The largest absolute Gasteiger partial charge is 0.334 e. The molecule has 1 aromatic carbocycles. The third kappa shape index (κ3) is 5.54. The highest BCUT2D eigenvalue weighted by atomic mass is 35.5. The van der Waals surface area contributed by atoms with Gasteiger partial charge in [-0.25, -0.2) is 13.2 Å². The Hall–Kier alpha value is -1.51. The van der Waals surface area contributed by atoms with Crippen molar-refractivity contribution in [2.24, 2.45) is 0 Å². The minimum Gasteiger partial charge on any atom is -0.334 e. The maximum absolute atomic E-state index is 12.1. The average molecular weight is 394 g/mol. The van der Waals surface area contributed by atoms with Gasteiger partial charge in [0.05, 0.1) is 11.5 Å². The van der Waals surface area contributed by atoms with Gasteiger partial charge in [-0.15, -0.1) is 0 Å². The van der Waals surface area contributed by atoms with Gasteiger partial charge in [-0.2, -0.15) is 0 Å². The second-order valence-electron chi connectivity index (χ2n) is 5.59. The van der Waals surface area contributed by atoms with Crippen LogP contribution < -0.4 is 16.0 Å². The molecule has 0 saturated carbocycles. The molecular formula is C14H17Cl2N3O4S. The van der Waals surface area contributed by atoms with Gasteiger partial charge in [-0.3, -0.25) is 4.79 Å². The Morgan fingerprint density at radius 3 is 2.38 bits per heavy atom. The van der Waals surface area contributed by atoms with Crippen LogP contribution >= 0.6 is 23.2 Å². The number of rotatable bonds is 4. The second kappa shape index (κ2) is 7.58. The standard InChI is InChI=1S/C14H17Cl2N3O4S/c1-8(13(20)18-12-5-9(15)4-10(16)6-12)17-14(21)19-11-2-3-24(22,23)7-11/h4-6,8,11H,2-3,7H2,1H3,(H,18,20)(H2,17,19,21)/t8-,11-/m0/s1. The Morgan fingerprint density at radius 2 is 1.83 bits per heavy atom. The number of nitrogens with one attached hydrogen (secondary N) is 3. The van der Waals surface area contributed by atoms with Crippen molar-refractivity contribution in [2.45, 2.75) is 25.4 Å². The highest BCUT2D eigenvalue weighted by molar-refractivity contribution is 7.91. The van der Waals surface area contributed by atoms with E-state index in [9.17, 15) is 18.0 Å². The number of halogens is 2. The Labute approximate surface area is 150 Å². The van der Waals surface area contributed by atoms with Gasteiger partial charge in [0.25, 0.3) is 0 Å².